The minimum absolute atomic E-state index is 0.914. The van der Waals surface area contributed by atoms with Crippen molar-refractivity contribution in [2.75, 3.05) is 13.6 Å². The number of nitrogens with zero attached hydrogens (tertiary/aromatic N) is 2. The molecule has 0 amide bonds. The SMILES string of the molecule is CNCCc1nc(Br)c(-c2ccccc2)n1C. The van der Waals surface area contributed by atoms with E-state index < -0.39 is 0 Å². The van der Waals surface area contributed by atoms with Crippen LogP contribution >= 0.6 is 15.9 Å². The summed E-state index contributed by atoms with van der Waals surface area (Å²) in [6, 6.07) is 10.3. The second-order valence-electron chi connectivity index (χ2n) is 3.95. The molecule has 0 fully saturated rings. The number of likely N-dealkylation sites (N-methyl/N-ethyl adjacent to an activating group) is 1. The normalized spacial score (nSPS) is 10.8. The fourth-order valence-electron chi connectivity index (χ4n) is 1.88. The highest BCUT2D eigenvalue weighted by Gasteiger charge is 2.13. The number of benzene rings is 1. The van der Waals surface area contributed by atoms with Gasteiger partial charge in [0.1, 0.15) is 10.4 Å². The number of aromatic nitrogens is 2. The molecule has 17 heavy (non-hydrogen) atoms. The van der Waals surface area contributed by atoms with Gasteiger partial charge in [-0.05, 0) is 23.0 Å². The minimum atomic E-state index is 0.914. The molecule has 0 spiro atoms. The molecule has 1 aromatic carbocycles. The highest BCUT2D eigenvalue weighted by Crippen LogP contribution is 2.28. The Morgan fingerprint density at radius 3 is 2.65 bits per heavy atom. The Hall–Kier alpha value is -1.13. The Balaban J connectivity index is 2.38. The van der Waals surface area contributed by atoms with Gasteiger partial charge in [-0.1, -0.05) is 30.3 Å². The van der Waals surface area contributed by atoms with Gasteiger partial charge in [0, 0.05) is 25.6 Å². The van der Waals surface area contributed by atoms with Crippen LogP contribution in [0.2, 0.25) is 0 Å². The molecule has 1 aromatic heterocycles. The third-order valence-electron chi connectivity index (χ3n) is 2.79. The molecule has 90 valence electrons. The van der Waals surface area contributed by atoms with E-state index in [1.165, 1.54) is 5.56 Å². The van der Waals surface area contributed by atoms with E-state index in [-0.39, 0.29) is 0 Å². The van der Waals surface area contributed by atoms with Gasteiger partial charge in [0.2, 0.25) is 0 Å². The molecule has 0 saturated carbocycles. The van der Waals surface area contributed by atoms with Crippen LogP contribution in [0.15, 0.2) is 34.9 Å². The smallest absolute Gasteiger partial charge is 0.132 e. The number of rotatable bonds is 4. The van der Waals surface area contributed by atoms with E-state index in [1.807, 2.05) is 25.2 Å². The van der Waals surface area contributed by atoms with Crippen molar-refractivity contribution in [2.24, 2.45) is 7.05 Å². The van der Waals surface area contributed by atoms with Gasteiger partial charge in [0.15, 0.2) is 0 Å². The van der Waals surface area contributed by atoms with E-state index in [4.69, 9.17) is 0 Å². The predicted molar refractivity (Wildman–Crippen MR) is 74.0 cm³/mol. The molecule has 0 bridgehead atoms. The van der Waals surface area contributed by atoms with Crippen molar-refractivity contribution in [1.29, 1.82) is 0 Å². The summed E-state index contributed by atoms with van der Waals surface area (Å²) >= 11 is 3.54. The van der Waals surface area contributed by atoms with Crippen molar-refractivity contribution < 1.29 is 0 Å². The first-order valence-electron chi connectivity index (χ1n) is 5.65. The van der Waals surface area contributed by atoms with Crippen molar-refractivity contribution in [1.82, 2.24) is 14.9 Å². The molecule has 0 aliphatic rings. The molecular weight excluding hydrogens is 278 g/mol. The summed E-state index contributed by atoms with van der Waals surface area (Å²) in [6.07, 6.45) is 0.929. The van der Waals surface area contributed by atoms with E-state index in [1.54, 1.807) is 0 Å². The van der Waals surface area contributed by atoms with Gasteiger partial charge in [-0.3, -0.25) is 0 Å². The van der Waals surface area contributed by atoms with Gasteiger partial charge in [-0.15, -0.1) is 0 Å². The van der Waals surface area contributed by atoms with Gasteiger partial charge in [0.05, 0.1) is 5.69 Å². The first kappa shape index (κ1) is 12.3. The predicted octanol–water partition coefficient (Wildman–Crippen LogP) is 2.61. The molecule has 2 rings (SSSR count). The summed E-state index contributed by atoms with van der Waals surface area (Å²) < 4.78 is 3.06. The lowest BCUT2D eigenvalue weighted by Gasteiger charge is -2.06. The number of hydrogen-bond donors (Lipinski definition) is 1. The summed E-state index contributed by atoms with van der Waals surface area (Å²) in [7, 11) is 4.02. The van der Waals surface area contributed by atoms with Crippen LogP contribution in [0.25, 0.3) is 11.3 Å². The average Bonchev–Trinajstić information content (AvgIpc) is 2.63. The van der Waals surface area contributed by atoms with Crippen LogP contribution in [0, 0.1) is 0 Å². The lowest BCUT2D eigenvalue weighted by Crippen LogP contribution is -2.13. The monoisotopic (exact) mass is 293 g/mol. The molecule has 0 radical (unpaired) electrons. The first-order valence-corrected chi connectivity index (χ1v) is 6.44. The van der Waals surface area contributed by atoms with E-state index in [9.17, 15) is 0 Å². The third kappa shape index (κ3) is 2.58. The van der Waals surface area contributed by atoms with Crippen molar-refractivity contribution in [3.63, 3.8) is 0 Å². The van der Waals surface area contributed by atoms with Crippen molar-refractivity contribution in [2.45, 2.75) is 6.42 Å². The molecule has 1 heterocycles. The quantitative estimate of drug-likeness (QED) is 0.939. The zero-order valence-corrected chi connectivity index (χ0v) is 11.7. The maximum Gasteiger partial charge on any atom is 0.132 e. The van der Waals surface area contributed by atoms with Gasteiger partial charge >= 0.3 is 0 Å². The van der Waals surface area contributed by atoms with Gasteiger partial charge < -0.3 is 9.88 Å². The molecule has 4 heteroatoms. The summed E-state index contributed by atoms with van der Waals surface area (Å²) in [6.45, 7) is 0.936. The molecule has 0 aliphatic carbocycles. The van der Waals surface area contributed by atoms with Crippen LogP contribution in [-0.2, 0) is 13.5 Å². The van der Waals surface area contributed by atoms with E-state index >= 15 is 0 Å². The Labute approximate surface area is 110 Å². The Bertz CT molecular complexity index is 491. The van der Waals surface area contributed by atoms with Crippen molar-refractivity contribution >= 4 is 15.9 Å². The van der Waals surface area contributed by atoms with E-state index in [0.29, 0.717) is 0 Å². The standard InChI is InChI=1S/C13H16BrN3/c1-15-9-8-11-16-13(14)12(17(11)2)10-6-4-3-5-7-10/h3-7,15H,8-9H2,1-2H3. The largest absolute Gasteiger partial charge is 0.330 e. The number of halogens is 1. The second-order valence-corrected chi connectivity index (χ2v) is 4.70. The highest BCUT2D eigenvalue weighted by molar-refractivity contribution is 9.10. The number of hydrogen-bond acceptors (Lipinski definition) is 2. The van der Waals surface area contributed by atoms with Crippen molar-refractivity contribution in [3.05, 3.63) is 40.8 Å². The summed E-state index contributed by atoms with van der Waals surface area (Å²) in [4.78, 5) is 4.56. The zero-order valence-electron chi connectivity index (χ0n) is 10.1. The molecule has 1 N–H and O–H groups in total. The van der Waals surface area contributed by atoms with E-state index in [2.05, 4.69) is 50.0 Å². The number of imidazole rings is 1. The van der Waals surface area contributed by atoms with Crippen LogP contribution < -0.4 is 5.32 Å². The molecule has 0 aliphatic heterocycles. The fourth-order valence-corrected chi connectivity index (χ4v) is 2.58. The number of nitrogens with one attached hydrogen (secondary N) is 1. The molecular formula is C13H16BrN3. The van der Waals surface area contributed by atoms with Crippen LogP contribution in [-0.4, -0.2) is 23.1 Å². The van der Waals surface area contributed by atoms with Gasteiger partial charge in [-0.25, -0.2) is 4.98 Å². The summed E-state index contributed by atoms with van der Waals surface area (Å²) in [5, 5.41) is 3.14. The minimum Gasteiger partial charge on any atom is -0.330 e. The van der Waals surface area contributed by atoms with Crippen LogP contribution in [0.3, 0.4) is 0 Å². The molecule has 0 unspecified atom stereocenters. The van der Waals surface area contributed by atoms with Crippen LogP contribution in [0.1, 0.15) is 5.82 Å². The highest BCUT2D eigenvalue weighted by atomic mass is 79.9. The van der Waals surface area contributed by atoms with E-state index in [0.717, 1.165) is 29.1 Å². The lowest BCUT2D eigenvalue weighted by molar-refractivity contribution is 0.720. The fraction of sp³-hybridized carbons (Fsp3) is 0.308. The topological polar surface area (TPSA) is 29.9 Å². The van der Waals surface area contributed by atoms with Gasteiger partial charge in [0.25, 0.3) is 0 Å². The maximum atomic E-state index is 4.56. The Kier molecular flexibility index (Phi) is 3.97. The van der Waals surface area contributed by atoms with Crippen molar-refractivity contribution in [3.8, 4) is 11.3 Å². The molecule has 0 atom stereocenters. The van der Waals surface area contributed by atoms with Crippen LogP contribution in [0.4, 0.5) is 0 Å². The Morgan fingerprint density at radius 2 is 2.00 bits per heavy atom. The first-order chi connectivity index (χ1) is 8.24. The average molecular weight is 294 g/mol. The van der Waals surface area contributed by atoms with Gasteiger partial charge in [-0.2, -0.15) is 0 Å². The second kappa shape index (κ2) is 5.47. The third-order valence-corrected chi connectivity index (χ3v) is 3.34. The zero-order chi connectivity index (χ0) is 12.3. The van der Waals surface area contributed by atoms with Crippen LogP contribution in [0.5, 0.6) is 0 Å². The molecule has 3 nitrogen and oxygen atoms in total. The summed E-state index contributed by atoms with van der Waals surface area (Å²) in [5.74, 6) is 1.09. The molecule has 2 aromatic rings. The summed E-state index contributed by atoms with van der Waals surface area (Å²) in [5.41, 5.74) is 2.32. The lowest BCUT2D eigenvalue weighted by atomic mass is 10.2. The molecule has 0 saturated heterocycles. The Morgan fingerprint density at radius 1 is 1.29 bits per heavy atom. The maximum absolute atomic E-state index is 4.56.